The molecule has 1 aromatic rings. The maximum Gasteiger partial charge on any atom is 0.167 e. The predicted molar refractivity (Wildman–Crippen MR) is 74.0 cm³/mol. The Morgan fingerprint density at radius 2 is 2.00 bits per heavy atom. The fourth-order valence-electron chi connectivity index (χ4n) is 1.63. The molecule has 0 bridgehead atoms. The van der Waals surface area contributed by atoms with Crippen LogP contribution >= 0.6 is 15.9 Å². The molecule has 0 atom stereocenters. The van der Waals surface area contributed by atoms with Gasteiger partial charge in [0.05, 0.1) is 12.7 Å². The summed E-state index contributed by atoms with van der Waals surface area (Å²) in [6.45, 7) is 6.18. The lowest BCUT2D eigenvalue weighted by molar-refractivity contribution is 0.0937. The van der Waals surface area contributed by atoms with E-state index in [0.29, 0.717) is 17.7 Å². The van der Waals surface area contributed by atoms with Gasteiger partial charge in [-0.1, -0.05) is 42.8 Å². The second-order valence-corrected chi connectivity index (χ2v) is 5.89. The van der Waals surface area contributed by atoms with Crippen LogP contribution < -0.4 is 4.74 Å². The monoisotopic (exact) mass is 298 g/mol. The average molecular weight is 299 g/mol. The van der Waals surface area contributed by atoms with Gasteiger partial charge in [0.15, 0.2) is 5.78 Å². The van der Waals surface area contributed by atoms with Crippen molar-refractivity contribution in [1.29, 1.82) is 0 Å². The molecule has 0 heterocycles. The van der Waals surface area contributed by atoms with Crippen molar-refractivity contribution in [3.63, 3.8) is 0 Å². The van der Waals surface area contributed by atoms with Gasteiger partial charge in [-0.15, -0.1) is 0 Å². The minimum atomic E-state index is -0.00378. The largest absolute Gasteiger partial charge is 0.496 e. The highest BCUT2D eigenvalue weighted by Crippen LogP contribution is 2.27. The molecule has 0 aromatic heterocycles. The fraction of sp³-hybridized carbons (Fsp3) is 0.500. The Balaban J connectivity index is 3.01. The Hall–Kier alpha value is -0.830. The summed E-state index contributed by atoms with van der Waals surface area (Å²) in [7, 11) is 1.60. The maximum absolute atomic E-state index is 12.1. The summed E-state index contributed by atoms with van der Waals surface area (Å²) in [4.78, 5) is 12.1. The van der Waals surface area contributed by atoms with Gasteiger partial charge in [-0.2, -0.15) is 0 Å². The average Bonchev–Trinajstić information content (AvgIpc) is 2.25. The lowest BCUT2D eigenvalue weighted by Gasteiger charge is -2.18. The molecule has 94 valence electrons. The van der Waals surface area contributed by atoms with Crippen LogP contribution in [-0.4, -0.2) is 12.9 Å². The number of Topliss-reactive ketones (excluding diaryl/α,β-unsaturated/α-hetero) is 1. The minimum Gasteiger partial charge on any atom is -0.496 e. The molecule has 0 radical (unpaired) electrons. The van der Waals surface area contributed by atoms with E-state index in [1.807, 2.05) is 18.2 Å². The van der Waals surface area contributed by atoms with E-state index in [1.54, 1.807) is 7.11 Å². The summed E-state index contributed by atoms with van der Waals surface area (Å²) in [5.41, 5.74) is 1.78. The normalized spacial score (nSPS) is 11.4. The molecule has 17 heavy (non-hydrogen) atoms. The Kier molecular flexibility index (Phi) is 4.75. The second kappa shape index (κ2) is 5.67. The van der Waals surface area contributed by atoms with Crippen molar-refractivity contribution in [3.05, 3.63) is 29.3 Å². The Bertz CT molecular complexity index is 405. The van der Waals surface area contributed by atoms with E-state index in [1.165, 1.54) is 0 Å². The van der Waals surface area contributed by atoms with E-state index in [9.17, 15) is 4.79 Å². The molecule has 0 amide bonds. The van der Waals surface area contributed by atoms with Gasteiger partial charge in [0.25, 0.3) is 0 Å². The quantitative estimate of drug-likeness (QED) is 0.615. The molecular weight excluding hydrogens is 280 g/mol. The van der Waals surface area contributed by atoms with Crippen LogP contribution in [0.15, 0.2) is 18.2 Å². The smallest absolute Gasteiger partial charge is 0.167 e. The number of alkyl halides is 1. The van der Waals surface area contributed by atoms with Crippen LogP contribution in [0.25, 0.3) is 0 Å². The zero-order chi connectivity index (χ0) is 13.1. The van der Waals surface area contributed by atoms with Crippen LogP contribution in [0.5, 0.6) is 5.75 Å². The van der Waals surface area contributed by atoms with E-state index in [0.717, 1.165) is 10.9 Å². The van der Waals surface area contributed by atoms with E-state index < -0.39 is 0 Å². The van der Waals surface area contributed by atoms with Crippen molar-refractivity contribution < 1.29 is 9.53 Å². The van der Waals surface area contributed by atoms with Crippen LogP contribution in [0.4, 0.5) is 0 Å². The van der Waals surface area contributed by atoms with Gasteiger partial charge >= 0.3 is 0 Å². The molecule has 0 saturated heterocycles. The summed E-state index contributed by atoms with van der Waals surface area (Å²) in [6, 6.07) is 5.71. The van der Waals surface area contributed by atoms with Crippen molar-refractivity contribution in [3.8, 4) is 5.75 Å². The summed E-state index contributed by atoms with van der Waals surface area (Å²) >= 11 is 3.39. The number of ether oxygens (including phenoxy) is 1. The van der Waals surface area contributed by atoms with Crippen LogP contribution in [0.1, 0.15) is 43.1 Å². The first-order chi connectivity index (χ1) is 7.87. The molecule has 0 saturated carbocycles. The summed E-state index contributed by atoms with van der Waals surface area (Å²) in [5, 5.41) is 0.761. The molecular formula is C14H19BrO2. The molecule has 1 rings (SSSR count). The van der Waals surface area contributed by atoms with Gasteiger partial charge < -0.3 is 4.74 Å². The Morgan fingerprint density at radius 1 is 1.35 bits per heavy atom. The second-order valence-electron chi connectivity index (χ2n) is 5.33. The van der Waals surface area contributed by atoms with Crippen LogP contribution in [0.3, 0.4) is 0 Å². The highest BCUT2D eigenvalue weighted by Gasteiger charge is 2.20. The van der Waals surface area contributed by atoms with Crippen LogP contribution in [0.2, 0.25) is 0 Å². The molecule has 0 N–H and O–H groups in total. The first-order valence-corrected chi connectivity index (χ1v) is 6.75. The summed E-state index contributed by atoms with van der Waals surface area (Å²) in [5.74, 6) is 0.798. The topological polar surface area (TPSA) is 26.3 Å². The van der Waals surface area contributed by atoms with Crippen molar-refractivity contribution in [2.75, 3.05) is 7.11 Å². The van der Waals surface area contributed by atoms with Gasteiger partial charge in [-0.05, 0) is 23.1 Å². The first kappa shape index (κ1) is 14.2. The fourth-order valence-corrected chi connectivity index (χ4v) is 1.97. The van der Waals surface area contributed by atoms with Gasteiger partial charge in [-0.25, -0.2) is 0 Å². The van der Waals surface area contributed by atoms with Crippen molar-refractivity contribution >= 4 is 21.7 Å². The standard InChI is InChI=1S/C14H19BrO2/c1-14(2,3)8-12(16)11-6-5-10(9-15)7-13(11)17-4/h5-7H,8-9H2,1-4H3. The minimum absolute atomic E-state index is 0.00378. The Morgan fingerprint density at radius 3 is 2.47 bits per heavy atom. The zero-order valence-corrected chi connectivity index (χ0v) is 12.4. The predicted octanol–water partition coefficient (Wildman–Crippen LogP) is 4.21. The third-order valence-electron chi connectivity index (χ3n) is 2.41. The highest BCUT2D eigenvalue weighted by molar-refractivity contribution is 9.08. The number of carbonyl (C=O) groups is 1. The number of methoxy groups -OCH3 is 1. The number of rotatable bonds is 4. The zero-order valence-electron chi connectivity index (χ0n) is 10.8. The number of hydrogen-bond acceptors (Lipinski definition) is 2. The lowest BCUT2D eigenvalue weighted by atomic mass is 9.87. The van der Waals surface area contributed by atoms with E-state index in [-0.39, 0.29) is 11.2 Å². The number of benzene rings is 1. The summed E-state index contributed by atoms with van der Waals surface area (Å²) in [6.07, 6.45) is 0.525. The molecule has 0 aliphatic rings. The van der Waals surface area contributed by atoms with Gasteiger partial charge in [-0.3, -0.25) is 4.79 Å². The molecule has 0 aliphatic heterocycles. The molecule has 1 aromatic carbocycles. The Labute approximate surface area is 111 Å². The van der Waals surface area contributed by atoms with Crippen molar-refractivity contribution in [1.82, 2.24) is 0 Å². The van der Waals surface area contributed by atoms with Gasteiger partial charge in [0.2, 0.25) is 0 Å². The third kappa shape index (κ3) is 4.15. The number of halogens is 1. The highest BCUT2D eigenvalue weighted by atomic mass is 79.9. The number of ketones is 1. The van der Waals surface area contributed by atoms with Crippen LogP contribution in [-0.2, 0) is 5.33 Å². The molecule has 2 nitrogen and oxygen atoms in total. The molecule has 0 unspecified atom stereocenters. The molecule has 0 spiro atoms. The lowest BCUT2D eigenvalue weighted by Crippen LogP contribution is -2.13. The van der Waals surface area contributed by atoms with E-state index in [4.69, 9.17) is 4.74 Å². The SMILES string of the molecule is COc1cc(CBr)ccc1C(=O)CC(C)(C)C. The maximum atomic E-state index is 12.1. The molecule has 3 heteroatoms. The molecule has 0 fully saturated rings. The number of carbonyl (C=O) groups excluding carboxylic acids is 1. The van der Waals surface area contributed by atoms with Crippen molar-refractivity contribution in [2.45, 2.75) is 32.5 Å². The van der Waals surface area contributed by atoms with Crippen LogP contribution in [0, 0.1) is 5.41 Å². The first-order valence-electron chi connectivity index (χ1n) is 5.63. The third-order valence-corrected chi connectivity index (χ3v) is 3.06. The number of hydrogen-bond donors (Lipinski definition) is 0. The van der Waals surface area contributed by atoms with E-state index in [2.05, 4.69) is 36.7 Å². The van der Waals surface area contributed by atoms with Gasteiger partial charge in [0.1, 0.15) is 5.75 Å². The van der Waals surface area contributed by atoms with Crippen molar-refractivity contribution in [2.24, 2.45) is 5.41 Å². The van der Waals surface area contributed by atoms with Gasteiger partial charge in [0, 0.05) is 11.8 Å². The summed E-state index contributed by atoms with van der Waals surface area (Å²) < 4.78 is 5.28. The molecule has 0 aliphatic carbocycles. The van der Waals surface area contributed by atoms with E-state index >= 15 is 0 Å².